The lowest BCUT2D eigenvalue weighted by molar-refractivity contribution is 0.623. The molecule has 0 saturated heterocycles. The lowest BCUT2D eigenvalue weighted by Crippen LogP contribution is -2.24. The smallest absolute Gasteiger partial charge is 0.0817 e. The first-order valence-electron chi connectivity index (χ1n) is 6.82. The van der Waals surface area contributed by atoms with Crippen LogP contribution in [-0.4, -0.2) is 16.3 Å². The number of hydrogen-bond donors (Lipinski definition) is 1. The van der Waals surface area contributed by atoms with Crippen LogP contribution in [0.3, 0.4) is 0 Å². The first-order valence-corrected chi connectivity index (χ1v) is 6.82. The summed E-state index contributed by atoms with van der Waals surface area (Å²) in [7, 11) is 1.95. The Kier molecular flexibility index (Phi) is 3.25. The Hall–Kier alpha value is -1.81. The number of nitrogens with two attached hydrogens (primary N) is 1. The summed E-state index contributed by atoms with van der Waals surface area (Å²) in [4.78, 5) is 2.39. The van der Waals surface area contributed by atoms with E-state index in [9.17, 15) is 0 Å². The van der Waals surface area contributed by atoms with Crippen LogP contribution in [0.2, 0.25) is 0 Å². The van der Waals surface area contributed by atoms with E-state index in [0.29, 0.717) is 0 Å². The van der Waals surface area contributed by atoms with Crippen LogP contribution in [0.4, 0.5) is 5.69 Å². The SMILES string of the molecule is Cn1ccc(CN2CCCC(N)c3ccccc32)n1. The van der Waals surface area contributed by atoms with Gasteiger partial charge in [0.2, 0.25) is 0 Å². The molecule has 1 aliphatic heterocycles. The molecule has 19 heavy (non-hydrogen) atoms. The van der Waals surface area contributed by atoms with Crippen LogP contribution in [0, 0.1) is 0 Å². The Bertz CT molecular complexity index is 561. The third-order valence-corrected chi connectivity index (χ3v) is 3.74. The summed E-state index contributed by atoms with van der Waals surface area (Å²) in [6.45, 7) is 1.89. The van der Waals surface area contributed by atoms with E-state index < -0.39 is 0 Å². The van der Waals surface area contributed by atoms with Crippen molar-refractivity contribution in [3.05, 3.63) is 47.8 Å². The fourth-order valence-corrected chi connectivity index (χ4v) is 2.77. The van der Waals surface area contributed by atoms with Crippen molar-refractivity contribution >= 4 is 5.69 Å². The van der Waals surface area contributed by atoms with E-state index in [1.54, 1.807) is 0 Å². The molecule has 1 aromatic carbocycles. The minimum Gasteiger partial charge on any atom is -0.365 e. The van der Waals surface area contributed by atoms with Crippen LogP contribution in [-0.2, 0) is 13.6 Å². The highest BCUT2D eigenvalue weighted by Gasteiger charge is 2.20. The number of anilines is 1. The number of aromatic nitrogens is 2. The zero-order chi connectivity index (χ0) is 13.2. The standard InChI is InChI=1S/C15H20N4/c1-18-10-8-12(17-18)11-19-9-4-6-14(16)13-5-2-3-7-15(13)19/h2-3,5,7-8,10,14H,4,6,9,11,16H2,1H3. The van der Waals surface area contributed by atoms with Crippen molar-refractivity contribution in [2.24, 2.45) is 12.8 Å². The number of rotatable bonds is 2. The normalized spacial score (nSPS) is 19.1. The van der Waals surface area contributed by atoms with Gasteiger partial charge in [-0.05, 0) is 30.5 Å². The lowest BCUT2D eigenvalue weighted by Gasteiger charge is -2.24. The van der Waals surface area contributed by atoms with Gasteiger partial charge in [0.1, 0.15) is 0 Å². The van der Waals surface area contributed by atoms with Gasteiger partial charge < -0.3 is 10.6 Å². The molecule has 3 rings (SSSR count). The average Bonchev–Trinajstić information content (AvgIpc) is 2.75. The molecule has 0 saturated carbocycles. The quantitative estimate of drug-likeness (QED) is 0.896. The van der Waals surface area contributed by atoms with E-state index >= 15 is 0 Å². The molecule has 1 aromatic heterocycles. The van der Waals surface area contributed by atoms with Crippen molar-refractivity contribution in [1.29, 1.82) is 0 Å². The van der Waals surface area contributed by atoms with Crippen LogP contribution in [0.25, 0.3) is 0 Å². The summed E-state index contributed by atoms with van der Waals surface area (Å²) in [6, 6.07) is 10.7. The minimum atomic E-state index is 0.157. The van der Waals surface area contributed by atoms with Crippen LogP contribution in [0.1, 0.15) is 30.1 Å². The molecule has 0 aliphatic carbocycles. The average molecular weight is 256 g/mol. The van der Waals surface area contributed by atoms with E-state index in [-0.39, 0.29) is 6.04 Å². The lowest BCUT2D eigenvalue weighted by atomic mass is 10.0. The second-order valence-electron chi connectivity index (χ2n) is 5.21. The van der Waals surface area contributed by atoms with Gasteiger partial charge in [-0.1, -0.05) is 18.2 Å². The summed E-state index contributed by atoms with van der Waals surface area (Å²) in [5.41, 5.74) is 9.89. The molecular formula is C15H20N4. The maximum Gasteiger partial charge on any atom is 0.0817 e. The maximum absolute atomic E-state index is 6.26. The van der Waals surface area contributed by atoms with Gasteiger partial charge in [-0.25, -0.2) is 0 Å². The molecule has 2 heterocycles. The molecule has 2 N–H and O–H groups in total. The van der Waals surface area contributed by atoms with Crippen molar-refractivity contribution in [1.82, 2.24) is 9.78 Å². The first kappa shape index (κ1) is 12.2. The molecule has 1 unspecified atom stereocenters. The highest BCUT2D eigenvalue weighted by Crippen LogP contribution is 2.31. The Morgan fingerprint density at radius 2 is 2.16 bits per heavy atom. The van der Waals surface area contributed by atoms with E-state index in [0.717, 1.165) is 31.6 Å². The summed E-state index contributed by atoms with van der Waals surface area (Å²) >= 11 is 0. The van der Waals surface area contributed by atoms with Gasteiger partial charge in [0, 0.05) is 31.5 Å². The van der Waals surface area contributed by atoms with Gasteiger partial charge in [-0.3, -0.25) is 4.68 Å². The van der Waals surface area contributed by atoms with Gasteiger partial charge >= 0.3 is 0 Å². The molecule has 1 atom stereocenters. The predicted molar refractivity (Wildman–Crippen MR) is 76.9 cm³/mol. The van der Waals surface area contributed by atoms with E-state index in [2.05, 4.69) is 40.3 Å². The van der Waals surface area contributed by atoms with Crippen molar-refractivity contribution < 1.29 is 0 Å². The molecule has 100 valence electrons. The largest absolute Gasteiger partial charge is 0.365 e. The number of para-hydroxylation sites is 1. The molecule has 4 heteroatoms. The molecule has 0 radical (unpaired) electrons. The summed E-state index contributed by atoms with van der Waals surface area (Å²) in [5, 5.41) is 4.47. The molecule has 0 amide bonds. The number of nitrogens with zero attached hydrogens (tertiary/aromatic N) is 3. The van der Waals surface area contributed by atoms with Crippen molar-refractivity contribution in [2.45, 2.75) is 25.4 Å². The molecule has 1 aliphatic rings. The molecular weight excluding hydrogens is 236 g/mol. The Labute approximate surface area is 113 Å². The van der Waals surface area contributed by atoms with Gasteiger partial charge in [0.25, 0.3) is 0 Å². The number of aryl methyl sites for hydroxylation is 1. The summed E-state index contributed by atoms with van der Waals surface area (Å²) < 4.78 is 1.85. The Morgan fingerprint density at radius 3 is 2.95 bits per heavy atom. The minimum absolute atomic E-state index is 0.157. The highest BCUT2D eigenvalue weighted by molar-refractivity contribution is 5.55. The highest BCUT2D eigenvalue weighted by atomic mass is 15.3. The van der Waals surface area contributed by atoms with Crippen LogP contribution < -0.4 is 10.6 Å². The predicted octanol–water partition coefficient (Wildman–Crippen LogP) is 2.22. The van der Waals surface area contributed by atoms with Gasteiger partial charge in [0.15, 0.2) is 0 Å². The van der Waals surface area contributed by atoms with Gasteiger partial charge in [-0.15, -0.1) is 0 Å². The van der Waals surface area contributed by atoms with Gasteiger partial charge in [-0.2, -0.15) is 5.10 Å². The van der Waals surface area contributed by atoms with Crippen LogP contribution >= 0.6 is 0 Å². The van der Waals surface area contributed by atoms with Crippen molar-refractivity contribution in [3.63, 3.8) is 0 Å². The second kappa shape index (κ2) is 5.05. The molecule has 2 aromatic rings. The van der Waals surface area contributed by atoms with Gasteiger partial charge in [0.05, 0.1) is 12.2 Å². The first-order chi connectivity index (χ1) is 9.24. The second-order valence-corrected chi connectivity index (χ2v) is 5.21. The van der Waals surface area contributed by atoms with Crippen LogP contribution in [0.5, 0.6) is 0 Å². The zero-order valence-corrected chi connectivity index (χ0v) is 11.3. The fraction of sp³-hybridized carbons (Fsp3) is 0.400. The Balaban J connectivity index is 1.91. The fourth-order valence-electron chi connectivity index (χ4n) is 2.77. The molecule has 0 fully saturated rings. The third-order valence-electron chi connectivity index (χ3n) is 3.74. The zero-order valence-electron chi connectivity index (χ0n) is 11.3. The molecule has 0 spiro atoms. The van der Waals surface area contributed by atoms with E-state index in [1.807, 2.05) is 17.9 Å². The summed E-state index contributed by atoms with van der Waals surface area (Å²) in [5.74, 6) is 0. The van der Waals surface area contributed by atoms with Crippen LogP contribution in [0.15, 0.2) is 36.5 Å². The maximum atomic E-state index is 6.26. The van der Waals surface area contributed by atoms with Crippen molar-refractivity contribution in [2.75, 3.05) is 11.4 Å². The Morgan fingerprint density at radius 1 is 1.32 bits per heavy atom. The number of fused-ring (bicyclic) bond motifs is 1. The van der Waals surface area contributed by atoms with E-state index in [1.165, 1.54) is 11.3 Å². The van der Waals surface area contributed by atoms with Crippen molar-refractivity contribution in [3.8, 4) is 0 Å². The monoisotopic (exact) mass is 256 g/mol. The number of benzene rings is 1. The summed E-state index contributed by atoms with van der Waals surface area (Å²) in [6.07, 6.45) is 4.17. The third kappa shape index (κ3) is 2.49. The van der Waals surface area contributed by atoms with E-state index in [4.69, 9.17) is 5.73 Å². The number of hydrogen-bond acceptors (Lipinski definition) is 3. The molecule has 0 bridgehead atoms. The topological polar surface area (TPSA) is 47.1 Å². The molecule has 4 nitrogen and oxygen atoms in total.